The van der Waals surface area contributed by atoms with Crippen LogP contribution in [0.15, 0.2) is 60.7 Å². The maximum absolute atomic E-state index is 11.4. The maximum Gasteiger partial charge on any atom is 0.335 e. The average molecular weight is 869 g/mol. The van der Waals surface area contributed by atoms with E-state index in [4.69, 9.17) is 57.6 Å². The van der Waals surface area contributed by atoms with Gasteiger partial charge in [-0.15, -0.1) is 0 Å². The molecular formula is C44H52O18. The first-order valence-electron chi connectivity index (χ1n) is 18.7. The van der Waals surface area contributed by atoms with Crippen molar-refractivity contribution < 1.29 is 87.0 Å². The predicted octanol–water partition coefficient (Wildman–Crippen LogP) is 7.47. The molecular weight excluding hydrogens is 816 g/mol. The Morgan fingerprint density at radius 1 is 0.403 bits per heavy atom. The Kier molecular flexibility index (Phi) is 17.3. The number of carboxylic acid groups (broad SMARTS) is 4. The van der Waals surface area contributed by atoms with E-state index in [9.17, 15) is 29.4 Å². The molecule has 336 valence electrons. The number of rotatable bonds is 22. The van der Waals surface area contributed by atoms with Gasteiger partial charge < -0.3 is 67.8 Å². The largest absolute Gasteiger partial charge is 0.493 e. The summed E-state index contributed by atoms with van der Waals surface area (Å²) in [6.07, 6.45) is 0.869. The molecule has 0 unspecified atom stereocenters. The van der Waals surface area contributed by atoms with Crippen molar-refractivity contribution >= 4 is 23.9 Å². The third-order valence-corrected chi connectivity index (χ3v) is 8.91. The second-order valence-electron chi connectivity index (χ2n) is 14.3. The number of methoxy groups -OCH3 is 6. The Labute approximate surface area is 358 Å². The summed E-state index contributed by atoms with van der Waals surface area (Å²) >= 11 is 0. The molecule has 4 N–H and O–H groups in total. The molecule has 0 aliphatic rings. The standard InChI is InChI=1S/C23H28O10.C21H24O8/c1-23(2,33-20-17(30-5)11-14(22(26)27)12-18(20)31-6)7-8-32-19-15(28-3)9-13(21(24)25)10-16(19)29-4;1-21(2,29-16-8-6-14(20(24)25)12-18(16)27-4)9-10-28-15-7-5-13(19(22)23)11-17(15)26-3/h9-12H,7-8H2,1-6H3,(H,24,25)(H,26,27);5-8,11-12H,9-10H2,1-4H3,(H,22,23)(H,24,25). The molecule has 0 aliphatic heterocycles. The van der Waals surface area contributed by atoms with E-state index in [1.54, 1.807) is 12.1 Å². The molecule has 4 rings (SSSR count). The molecule has 0 saturated carbocycles. The molecule has 4 aromatic rings. The first-order chi connectivity index (χ1) is 29.2. The van der Waals surface area contributed by atoms with Gasteiger partial charge in [0, 0.05) is 12.8 Å². The van der Waals surface area contributed by atoms with Gasteiger partial charge in [0.15, 0.2) is 46.0 Å². The fourth-order valence-corrected chi connectivity index (χ4v) is 5.54. The topological polar surface area (TPSA) is 241 Å². The van der Waals surface area contributed by atoms with Crippen LogP contribution in [0.25, 0.3) is 0 Å². The van der Waals surface area contributed by atoms with Crippen molar-refractivity contribution in [3.05, 3.63) is 82.9 Å². The molecule has 0 heterocycles. The van der Waals surface area contributed by atoms with Gasteiger partial charge in [0.25, 0.3) is 0 Å². The van der Waals surface area contributed by atoms with Crippen LogP contribution in [0.4, 0.5) is 0 Å². The number of hydrogen-bond donors (Lipinski definition) is 4. The van der Waals surface area contributed by atoms with Crippen LogP contribution in [0.2, 0.25) is 0 Å². The Balaban J connectivity index is 0.000000333. The predicted molar refractivity (Wildman–Crippen MR) is 223 cm³/mol. The van der Waals surface area contributed by atoms with Gasteiger partial charge in [0.2, 0.25) is 11.5 Å². The van der Waals surface area contributed by atoms with E-state index in [0.29, 0.717) is 35.8 Å². The summed E-state index contributed by atoms with van der Waals surface area (Å²) in [6, 6.07) is 14.2. The first-order valence-corrected chi connectivity index (χ1v) is 18.7. The number of carboxylic acids is 4. The van der Waals surface area contributed by atoms with Crippen molar-refractivity contribution in [3.63, 3.8) is 0 Å². The lowest BCUT2D eigenvalue weighted by Gasteiger charge is -2.28. The summed E-state index contributed by atoms with van der Waals surface area (Å²) in [5.74, 6) is -1.44. The Hall–Kier alpha value is -7.24. The molecule has 18 heteroatoms. The first kappa shape index (κ1) is 49.1. The van der Waals surface area contributed by atoms with Crippen LogP contribution in [0.1, 0.15) is 82.0 Å². The molecule has 0 aliphatic carbocycles. The van der Waals surface area contributed by atoms with E-state index in [1.807, 2.05) is 27.7 Å². The minimum atomic E-state index is -1.12. The van der Waals surface area contributed by atoms with E-state index < -0.39 is 35.1 Å². The third-order valence-electron chi connectivity index (χ3n) is 8.91. The molecule has 0 spiro atoms. The van der Waals surface area contributed by atoms with Crippen LogP contribution >= 0.6 is 0 Å². The highest BCUT2D eigenvalue weighted by Crippen LogP contribution is 2.42. The summed E-state index contributed by atoms with van der Waals surface area (Å²) in [5.41, 5.74) is -1.22. The summed E-state index contributed by atoms with van der Waals surface area (Å²) in [5, 5.41) is 36.7. The van der Waals surface area contributed by atoms with Crippen molar-refractivity contribution in [2.45, 2.75) is 51.7 Å². The van der Waals surface area contributed by atoms with E-state index in [0.717, 1.165) is 0 Å². The smallest absolute Gasteiger partial charge is 0.335 e. The van der Waals surface area contributed by atoms with Crippen molar-refractivity contribution in [2.75, 3.05) is 55.9 Å². The molecule has 4 aromatic carbocycles. The molecule has 62 heavy (non-hydrogen) atoms. The highest BCUT2D eigenvalue weighted by atomic mass is 16.6. The fourth-order valence-electron chi connectivity index (χ4n) is 5.54. The summed E-state index contributed by atoms with van der Waals surface area (Å²) in [4.78, 5) is 44.8. The van der Waals surface area contributed by atoms with E-state index >= 15 is 0 Å². The van der Waals surface area contributed by atoms with Gasteiger partial charge in [-0.05, 0) is 88.4 Å². The lowest BCUT2D eigenvalue weighted by molar-refractivity contribution is 0.0679. The Bertz CT molecular complexity index is 2160. The second-order valence-corrected chi connectivity index (χ2v) is 14.3. The Morgan fingerprint density at radius 2 is 0.726 bits per heavy atom. The van der Waals surface area contributed by atoms with Crippen LogP contribution in [0.5, 0.6) is 57.5 Å². The van der Waals surface area contributed by atoms with Crippen LogP contribution < -0.4 is 47.4 Å². The lowest BCUT2D eigenvalue weighted by Crippen LogP contribution is -2.31. The number of benzene rings is 4. The molecule has 0 amide bonds. The van der Waals surface area contributed by atoms with Gasteiger partial charge in [-0.1, -0.05) is 0 Å². The van der Waals surface area contributed by atoms with Gasteiger partial charge in [-0.2, -0.15) is 0 Å². The normalized spacial score (nSPS) is 10.9. The number of ether oxygens (including phenoxy) is 10. The van der Waals surface area contributed by atoms with Crippen LogP contribution in [-0.2, 0) is 0 Å². The summed E-state index contributed by atoms with van der Waals surface area (Å²) < 4.78 is 55.3. The van der Waals surface area contributed by atoms with Gasteiger partial charge >= 0.3 is 23.9 Å². The molecule has 0 bridgehead atoms. The van der Waals surface area contributed by atoms with Gasteiger partial charge in [0.1, 0.15) is 11.2 Å². The highest BCUT2D eigenvalue weighted by Gasteiger charge is 2.28. The zero-order valence-corrected chi connectivity index (χ0v) is 36.1. The molecule has 0 radical (unpaired) electrons. The van der Waals surface area contributed by atoms with Gasteiger partial charge in [-0.3, -0.25) is 0 Å². The van der Waals surface area contributed by atoms with Crippen LogP contribution in [-0.4, -0.2) is 111 Å². The van der Waals surface area contributed by atoms with E-state index in [-0.39, 0.29) is 70.0 Å². The summed E-state index contributed by atoms with van der Waals surface area (Å²) in [7, 11) is 8.50. The van der Waals surface area contributed by atoms with Crippen molar-refractivity contribution in [1.82, 2.24) is 0 Å². The number of carbonyl (C=O) groups is 4. The minimum Gasteiger partial charge on any atom is -0.493 e. The lowest BCUT2D eigenvalue weighted by atomic mass is 10.1. The minimum absolute atomic E-state index is 0.00110. The van der Waals surface area contributed by atoms with Crippen molar-refractivity contribution in [1.29, 1.82) is 0 Å². The summed E-state index contributed by atoms with van der Waals surface area (Å²) in [6.45, 7) is 7.83. The average Bonchev–Trinajstić information content (AvgIpc) is 3.23. The SMILES string of the molecule is COc1cc(C(=O)O)cc(OC)c1OCCC(C)(C)Oc1c(OC)cc(C(=O)O)cc1OC.COc1cc(C(=O)O)ccc1OCCC(C)(C)Oc1ccc(C(=O)O)cc1OC. The zero-order chi connectivity index (χ0) is 46.4. The molecule has 18 nitrogen and oxygen atoms in total. The number of hydrogen-bond acceptors (Lipinski definition) is 14. The molecule has 0 saturated heterocycles. The van der Waals surface area contributed by atoms with Gasteiger partial charge in [0.05, 0.1) is 78.1 Å². The van der Waals surface area contributed by atoms with Crippen molar-refractivity contribution in [2.24, 2.45) is 0 Å². The van der Waals surface area contributed by atoms with Gasteiger partial charge in [-0.25, -0.2) is 19.2 Å². The molecule has 0 fully saturated rings. The molecule has 0 atom stereocenters. The van der Waals surface area contributed by atoms with Crippen molar-refractivity contribution in [3.8, 4) is 57.5 Å². The monoisotopic (exact) mass is 868 g/mol. The Morgan fingerprint density at radius 3 is 1.11 bits per heavy atom. The maximum atomic E-state index is 11.4. The quantitative estimate of drug-likeness (QED) is 0.0598. The number of aromatic carboxylic acids is 4. The third kappa shape index (κ3) is 13.4. The highest BCUT2D eigenvalue weighted by molar-refractivity contribution is 5.90. The fraction of sp³-hybridized carbons (Fsp3) is 0.364. The zero-order valence-electron chi connectivity index (χ0n) is 36.1. The molecule has 0 aromatic heterocycles. The van der Waals surface area contributed by atoms with E-state index in [1.165, 1.54) is 91.2 Å². The van der Waals surface area contributed by atoms with Crippen LogP contribution in [0.3, 0.4) is 0 Å². The van der Waals surface area contributed by atoms with Crippen LogP contribution in [0, 0.1) is 0 Å². The van der Waals surface area contributed by atoms with E-state index in [2.05, 4.69) is 0 Å². The second kappa shape index (κ2) is 21.8.